The monoisotopic (exact) mass is 265 g/mol. The first-order valence-electron chi connectivity index (χ1n) is 6.11. The van der Waals surface area contributed by atoms with E-state index in [2.05, 4.69) is 74.0 Å². The number of rotatable bonds is 5. The van der Waals surface area contributed by atoms with Crippen molar-refractivity contribution in [1.82, 2.24) is 0 Å². The molecule has 0 amide bonds. The lowest BCUT2D eigenvalue weighted by molar-refractivity contribution is 0.961. The van der Waals surface area contributed by atoms with Gasteiger partial charge in [-0.3, -0.25) is 4.99 Å². The number of hydrogen-bond donors (Lipinski definition) is 0. The molecule has 1 nitrogen and oxygen atoms in total. The van der Waals surface area contributed by atoms with E-state index in [1.807, 2.05) is 6.21 Å². The topological polar surface area (TPSA) is 12.4 Å². The molecular weight excluding hydrogens is 242 g/mol. The van der Waals surface area contributed by atoms with Crippen LogP contribution in [0.2, 0.25) is 19.6 Å². The molecule has 0 N–H and O–H groups in total. The van der Waals surface area contributed by atoms with E-state index < -0.39 is 7.22 Å². The lowest BCUT2D eigenvalue weighted by Crippen LogP contribution is -2.20. The van der Waals surface area contributed by atoms with E-state index in [0.29, 0.717) is 5.25 Å². The highest BCUT2D eigenvalue weighted by atomic mass is 32.4. The van der Waals surface area contributed by atoms with Gasteiger partial charge in [-0.2, -0.15) is 11.2 Å². The van der Waals surface area contributed by atoms with Gasteiger partial charge in [0.1, 0.15) is 7.22 Å². The zero-order valence-corrected chi connectivity index (χ0v) is 13.3. The van der Waals surface area contributed by atoms with E-state index >= 15 is 0 Å². The summed E-state index contributed by atoms with van der Waals surface area (Å²) >= 11 is 2.12. The van der Waals surface area contributed by atoms with Gasteiger partial charge in [0.15, 0.2) is 0 Å². The van der Waals surface area contributed by atoms with Crippen LogP contribution in [0.1, 0.15) is 18.1 Å². The average molecular weight is 265 g/mol. The summed E-state index contributed by atoms with van der Waals surface area (Å²) in [7, 11) is -1.02. The Labute approximate surface area is 110 Å². The van der Waals surface area contributed by atoms with Crippen molar-refractivity contribution in [2.45, 2.75) is 38.7 Å². The van der Waals surface area contributed by atoms with Crippen LogP contribution in [-0.4, -0.2) is 25.2 Å². The highest BCUT2D eigenvalue weighted by molar-refractivity contribution is 8.29. The maximum absolute atomic E-state index is 4.54. The Hall–Kier alpha value is -0.543. The largest absolute Gasteiger partial charge is 0.291 e. The quantitative estimate of drug-likeness (QED) is 0.569. The van der Waals surface area contributed by atoms with Gasteiger partial charge in [-0.15, -0.1) is 0 Å². The predicted octanol–water partition coefficient (Wildman–Crippen LogP) is 4.37. The lowest BCUT2D eigenvalue weighted by atomic mass is 10.1. The van der Waals surface area contributed by atoms with Crippen LogP contribution >= 0.6 is 11.2 Å². The van der Waals surface area contributed by atoms with Crippen molar-refractivity contribution in [3.05, 3.63) is 35.4 Å². The Bertz CT molecular complexity index is 382. The van der Waals surface area contributed by atoms with Crippen molar-refractivity contribution < 1.29 is 0 Å². The van der Waals surface area contributed by atoms with Gasteiger partial charge in [0.05, 0.1) is 6.54 Å². The Balaban J connectivity index is 2.45. The highest BCUT2D eigenvalue weighted by Gasteiger charge is 2.17. The van der Waals surface area contributed by atoms with Crippen LogP contribution in [0.5, 0.6) is 0 Å². The van der Waals surface area contributed by atoms with E-state index in [0.717, 1.165) is 6.54 Å². The molecular formula is C14H23NSSi. The summed E-state index contributed by atoms with van der Waals surface area (Å²) in [5.74, 6) is 0. The zero-order valence-electron chi connectivity index (χ0n) is 11.5. The minimum absolute atomic E-state index is 0.628. The SMILES string of the molecule is Cc1cccc(/C=N\CC(C)S[Si](C)(C)C)c1. The number of aryl methyl sites for hydroxylation is 1. The van der Waals surface area contributed by atoms with Crippen LogP contribution < -0.4 is 0 Å². The predicted molar refractivity (Wildman–Crippen MR) is 84.0 cm³/mol. The standard InChI is InChI=1S/C14H23NSSi/c1-12-7-6-8-14(9-12)11-15-10-13(2)16-17(3,4)5/h6-9,11,13H,10H2,1-5H3/b15-11-. The van der Waals surface area contributed by atoms with Crippen molar-refractivity contribution >= 4 is 24.6 Å². The second kappa shape index (κ2) is 6.41. The first-order chi connectivity index (χ1) is 7.87. The molecule has 3 heteroatoms. The second-order valence-electron chi connectivity index (χ2n) is 5.45. The number of benzene rings is 1. The van der Waals surface area contributed by atoms with Gasteiger partial charge < -0.3 is 0 Å². The zero-order chi connectivity index (χ0) is 12.9. The molecule has 0 aromatic heterocycles. The molecule has 0 aliphatic carbocycles. The average Bonchev–Trinajstić information content (AvgIpc) is 2.14. The third-order valence-electron chi connectivity index (χ3n) is 2.20. The Morgan fingerprint density at radius 1 is 1.35 bits per heavy atom. The summed E-state index contributed by atoms with van der Waals surface area (Å²) in [5, 5.41) is 0.628. The van der Waals surface area contributed by atoms with Crippen molar-refractivity contribution in [1.29, 1.82) is 0 Å². The molecule has 0 heterocycles. The molecule has 0 saturated heterocycles. The van der Waals surface area contributed by atoms with Crippen LogP contribution in [0.25, 0.3) is 0 Å². The fourth-order valence-corrected chi connectivity index (χ4v) is 6.91. The molecule has 0 fully saturated rings. The smallest absolute Gasteiger partial charge is 0.108 e. The number of nitrogens with zero attached hydrogens (tertiary/aromatic N) is 1. The van der Waals surface area contributed by atoms with Gasteiger partial charge >= 0.3 is 0 Å². The first-order valence-corrected chi connectivity index (χ1v) is 11.2. The normalized spacial score (nSPS) is 14.2. The third kappa shape index (κ3) is 6.69. The minimum atomic E-state index is -1.02. The molecule has 0 radical (unpaired) electrons. The fraction of sp³-hybridized carbons (Fsp3) is 0.500. The van der Waals surface area contributed by atoms with Crippen LogP contribution in [0, 0.1) is 6.92 Å². The van der Waals surface area contributed by atoms with Crippen molar-refractivity contribution in [2.75, 3.05) is 6.54 Å². The van der Waals surface area contributed by atoms with Gasteiger partial charge in [0.2, 0.25) is 0 Å². The van der Waals surface area contributed by atoms with E-state index in [1.165, 1.54) is 11.1 Å². The minimum Gasteiger partial charge on any atom is -0.291 e. The first kappa shape index (κ1) is 14.5. The highest BCUT2D eigenvalue weighted by Crippen LogP contribution is 2.24. The molecule has 1 rings (SSSR count). The van der Waals surface area contributed by atoms with Gasteiger partial charge in [-0.05, 0) is 12.5 Å². The molecule has 1 unspecified atom stereocenters. The maximum Gasteiger partial charge on any atom is 0.108 e. The van der Waals surface area contributed by atoms with E-state index in [-0.39, 0.29) is 0 Å². The molecule has 0 spiro atoms. The Morgan fingerprint density at radius 2 is 2.06 bits per heavy atom. The number of aliphatic imine (C=N–C) groups is 1. The summed E-state index contributed by atoms with van der Waals surface area (Å²) in [5.41, 5.74) is 2.49. The number of hydrogen-bond acceptors (Lipinski definition) is 2. The summed E-state index contributed by atoms with van der Waals surface area (Å²) in [6.45, 7) is 12.5. The van der Waals surface area contributed by atoms with Crippen molar-refractivity contribution in [2.24, 2.45) is 4.99 Å². The van der Waals surface area contributed by atoms with Crippen molar-refractivity contribution in [3.63, 3.8) is 0 Å². The van der Waals surface area contributed by atoms with Gasteiger partial charge in [0.25, 0.3) is 0 Å². The molecule has 1 aromatic carbocycles. The van der Waals surface area contributed by atoms with E-state index in [1.54, 1.807) is 0 Å². The van der Waals surface area contributed by atoms with E-state index in [4.69, 9.17) is 0 Å². The lowest BCUT2D eigenvalue weighted by Gasteiger charge is -2.19. The van der Waals surface area contributed by atoms with Crippen LogP contribution in [0.15, 0.2) is 29.3 Å². The van der Waals surface area contributed by atoms with Gasteiger partial charge in [-0.1, -0.05) is 56.4 Å². The van der Waals surface area contributed by atoms with Gasteiger partial charge in [-0.25, -0.2) is 0 Å². The Kier molecular flexibility index (Phi) is 5.47. The maximum atomic E-state index is 4.54. The van der Waals surface area contributed by atoms with Crippen molar-refractivity contribution in [3.8, 4) is 0 Å². The molecule has 0 aliphatic rings. The molecule has 1 aromatic rings. The molecule has 17 heavy (non-hydrogen) atoms. The van der Waals surface area contributed by atoms with Crippen LogP contribution in [0.4, 0.5) is 0 Å². The summed E-state index contributed by atoms with van der Waals surface area (Å²) in [6, 6.07) is 8.46. The summed E-state index contributed by atoms with van der Waals surface area (Å²) in [4.78, 5) is 4.54. The summed E-state index contributed by atoms with van der Waals surface area (Å²) < 4.78 is 0. The second-order valence-corrected chi connectivity index (χ2v) is 15.1. The molecule has 0 saturated carbocycles. The molecule has 94 valence electrons. The third-order valence-corrected chi connectivity index (χ3v) is 6.79. The van der Waals surface area contributed by atoms with Gasteiger partial charge in [0, 0.05) is 11.5 Å². The Morgan fingerprint density at radius 3 is 2.65 bits per heavy atom. The summed E-state index contributed by atoms with van der Waals surface area (Å²) in [6.07, 6.45) is 1.99. The van der Waals surface area contributed by atoms with Crippen LogP contribution in [0.3, 0.4) is 0 Å². The van der Waals surface area contributed by atoms with Crippen LogP contribution in [-0.2, 0) is 0 Å². The van der Waals surface area contributed by atoms with E-state index in [9.17, 15) is 0 Å². The molecule has 0 bridgehead atoms. The fourth-order valence-electron chi connectivity index (χ4n) is 1.70. The molecule has 1 atom stereocenters. The molecule has 0 aliphatic heterocycles.